The first-order valence-corrected chi connectivity index (χ1v) is 6.83. The first kappa shape index (κ1) is 12.7. The third kappa shape index (κ3) is 2.64. The number of aromatic nitrogens is 1. The summed E-state index contributed by atoms with van der Waals surface area (Å²) >= 11 is 0. The Morgan fingerprint density at radius 1 is 1.00 bits per heavy atom. The van der Waals surface area contributed by atoms with E-state index in [1.165, 1.54) is 16.5 Å². The Labute approximate surface area is 118 Å². The number of rotatable bonds is 4. The lowest BCUT2D eigenvalue weighted by Crippen LogP contribution is -1.98. The van der Waals surface area contributed by atoms with E-state index < -0.39 is 0 Å². The number of hydrogen-bond acceptors (Lipinski definition) is 1. The molecule has 0 aliphatic rings. The molecule has 3 rings (SSSR count). The first-order chi connectivity index (χ1) is 9.72. The standard InChI is InChI=1S/C18H17NO/c1-14(20)11-16-7-8-18-17(12-16)9-10-19(18)13-15-5-3-2-4-6-15/h2-10,12H,11,13H2,1H3. The number of Topliss-reactive ketones (excluding diaryl/α,β-unsaturated/α-hetero) is 1. The zero-order valence-electron chi connectivity index (χ0n) is 11.5. The van der Waals surface area contributed by atoms with Gasteiger partial charge < -0.3 is 4.57 Å². The molecule has 0 aliphatic carbocycles. The average molecular weight is 263 g/mol. The van der Waals surface area contributed by atoms with Crippen LogP contribution in [0, 0.1) is 0 Å². The minimum atomic E-state index is 0.202. The molecular weight excluding hydrogens is 246 g/mol. The molecule has 0 amide bonds. The summed E-state index contributed by atoms with van der Waals surface area (Å²) in [6.45, 7) is 2.50. The van der Waals surface area contributed by atoms with Crippen LogP contribution in [0.2, 0.25) is 0 Å². The van der Waals surface area contributed by atoms with Gasteiger partial charge in [0.25, 0.3) is 0 Å². The quantitative estimate of drug-likeness (QED) is 0.701. The van der Waals surface area contributed by atoms with Crippen molar-refractivity contribution >= 4 is 16.7 Å². The Hall–Kier alpha value is -2.35. The summed E-state index contributed by atoms with van der Waals surface area (Å²) in [6.07, 6.45) is 2.62. The molecule has 0 spiro atoms. The predicted molar refractivity (Wildman–Crippen MR) is 81.9 cm³/mol. The summed E-state index contributed by atoms with van der Waals surface area (Å²) < 4.78 is 2.24. The molecule has 0 unspecified atom stereocenters. The highest BCUT2D eigenvalue weighted by molar-refractivity contribution is 5.84. The number of hydrogen-bond donors (Lipinski definition) is 0. The van der Waals surface area contributed by atoms with Crippen molar-refractivity contribution in [2.75, 3.05) is 0 Å². The molecule has 2 nitrogen and oxygen atoms in total. The Bertz CT molecular complexity index is 740. The smallest absolute Gasteiger partial charge is 0.134 e. The highest BCUT2D eigenvalue weighted by Crippen LogP contribution is 2.19. The molecule has 0 aliphatic heterocycles. The van der Waals surface area contributed by atoms with Crippen molar-refractivity contribution in [3.8, 4) is 0 Å². The molecule has 3 aromatic rings. The summed E-state index contributed by atoms with van der Waals surface area (Å²) in [7, 11) is 0. The van der Waals surface area contributed by atoms with Crippen LogP contribution < -0.4 is 0 Å². The van der Waals surface area contributed by atoms with Gasteiger partial charge in [-0.05, 0) is 41.6 Å². The summed E-state index contributed by atoms with van der Waals surface area (Å²) in [5, 5.41) is 1.19. The fraction of sp³-hybridized carbons (Fsp3) is 0.167. The zero-order valence-corrected chi connectivity index (χ0v) is 11.5. The van der Waals surface area contributed by atoms with Crippen LogP contribution in [0.3, 0.4) is 0 Å². The molecule has 0 N–H and O–H groups in total. The Morgan fingerprint density at radius 2 is 1.80 bits per heavy atom. The number of carbonyl (C=O) groups is 1. The van der Waals surface area contributed by atoms with E-state index in [-0.39, 0.29) is 5.78 Å². The van der Waals surface area contributed by atoms with E-state index in [4.69, 9.17) is 0 Å². The molecule has 0 saturated carbocycles. The van der Waals surface area contributed by atoms with Crippen LogP contribution in [-0.4, -0.2) is 10.4 Å². The first-order valence-electron chi connectivity index (χ1n) is 6.83. The van der Waals surface area contributed by atoms with Crippen LogP contribution in [0.15, 0.2) is 60.8 Å². The summed E-state index contributed by atoms with van der Waals surface area (Å²) in [6, 6.07) is 18.8. The van der Waals surface area contributed by atoms with Gasteiger partial charge in [0, 0.05) is 24.7 Å². The van der Waals surface area contributed by atoms with Gasteiger partial charge in [-0.1, -0.05) is 36.4 Å². The molecule has 0 fully saturated rings. The van der Waals surface area contributed by atoms with E-state index in [1.54, 1.807) is 6.92 Å². The molecule has 0 atom stereocenters. The lowest BCUT2D eigenvalue weighted by atomic mass is 10.1. The van der Waals surface area contributed by atoms with Gasteiger partial charge in [-0.3, -0.25) is 4.79 Å². The lowest BCUT2D eigenvalue weighted by molar-refractivity contribution is -0.116. The summed E-state index contributed by atoms with van der Waals surface area (Å²) in [4.78, 5) is 11.2. The van der Waals surface area contributed by atoms with Crippen LogP contribution in [-0.2, 0) is 17.8 Å². The van der Waals surface area contributed by atoms with Gasteiger partial charge >= 0.3 is 0 Å². The van der Waals surface area contributed by atoms with Crippen LogP contribution >= 0.6 is 0 Å². The van der Waals surface area contributed by atoms with Gasteiger partial charge in [0.1, 0.15) is 5.78 Å². The van der Waals surface area contributed by atoms with Crippen molar-refractivity contribution in [2.24, 2.45) is 0 Å². The van der Waals surface area contributed by atoms with Crippen LogP contribution in [0.5, 0.6) is 0 Å². The normalized spacial score (nSPS) is 10.8. The third-order valence-electron chi connectivity index (χ3n) is 3.48. The fourth-order valence-electron chi connectivity index (χ4n) is 2.57. The van der Waals surface area contributed by atoms with Crippen molar-refractivity contribution in [3.63, 3.8) is 0 Å². The number of carbonyl (C=O) groups excluding carboxylic acids is 1. The number of fused-ring (bicyclic) bond motifs is 1. The Morgan fingerprint density at radius 3 is 2.55 bits per heavy atom. The maximum Gasteiger partial charge on any atom is 0.134 e. The topological polar surface area (TPSA) is 22.0 Å². The van der Waals surface area contributed by atoms with E-state index in [9.17, 15) is 4.79 Å². The predicted octanol–water partition coefficient (Wildman–Crippen LogP) is 3.82. The largest absolute Gasteiger partial charge is 0.343 e. The van der Waals surface area contributed by atoms with E-state index in [0.717, 1.165) is 12.1 Å². The minimum Gasteiger partial charge on any atom is -0.343 e. The second-order valence-electron chi connectivity index (χ2n) is 5.20. The van der Waals surface area contributed by atoms with Crippen LogP contribution in [0.4, 0.5) is 0 Å². The molecule has 0 saturated heterocycles. The van der Waals surface area contributed by atoms with Gasteiger partial charge in [0.2, 0.25) is 0 Å². The highest BCUT2D eigenvalue weighted by atomic mass is 16.1. The molecule has 0 bridgehead atoms. The van der Waals surface area contributed by atoms with E-state index >= 15 is 0 Å². The fourth-order valence-corrected chi connectivity index (χ4v) is 2.57. The molecule has 0 radical (unpaired) electrons. The Kier molecular flexibility index (Phi) is 3.38. The maximum absolute atomic E-state index is 11.2. The van der Waals surface area contributed by atoms with Crippen molar-refractivity contribution < 1.29 is 4.79 Å². The lowest BCUT2D eigenvalue weighted by Gasteiger charge is -2.06. The molecule has 2 heteroatoms. The molecule has 1 aromatic heterocycles. The van der Waals surface area contributed by atoms with Gasteiger partial charge in [-0.25, -0.2) is 0 Å². The van der Waals surface area contributed by atoms with Gasteiger partial charge in [0.15, 0.2) is 0 Å². The van der Waals surface area contributed by atoms with Gasteiger partial charge in [-0.2, -0.15) is 0 Å². The van der Waals surface area contributed by atoms with Crippen molar-refractivity contribution in [2.45, 2.75) is 19.9 Å². The number of benzene rings is 2. The molecular formula is C18H17NO. The second-order valence-corrected chi connectivity index (χ2v) is 5.20. The molecule has 1 heterocycles. The van der Waals surface area contributed by atoms with Gasteiger partial charge in [-0.15, -0.1) is 0 Å². The van der Waals surface area contributed by atoms with E-state index in [1.807, 2.05) is 12.1 Å². The third-order valence-corrected chi connectivity index (χ3v) is 3.48. The van der Waals surface area contributed by atoms with E-state index in [2.05, 4.69) is 53.2 Å². The average Bonchev–Trinajstić information content (AvgIpc) is 2.82. The van der Waals surface area contributed by atoms with Crippen LogP contribution in [0.25, 0.3) is 10.9 Å². The zero-order chi connectivity index (χ0) is 13.9. The van der Waals surface area contributed by atoms with Gasteiger partial charge in [0.05, 0.1) is 0 Å². The van der Waals surface area contributed by atoms with Crippen molar-refractivity contribution in [1.82, 2.24) is 4.57 Å². The summed E-state index contributed by atoms with van der Waals surface area (Å²) in [5.74, 6) is 0.202. The van der Waals surface area contributed by atoms with Crippen LogP contribution in [0.1, 0.15) is 18.1 Å². The SMILES string of the molecule is CC(=O)Cc1ccc2c(ccn2Cc2ccccc2)c1. The summed E-state index contributed by atoms with van der Waals surface area (Å²) in [5.41, 5.74) is 3.58. The maximum atomic E-state index is 11.2. The number of nitrogens with zero attached hydrogens (tertiary/aromatic N) is 1. The molecule has 100 valence electrons. The second kappa shape index (κ2) is 5.33. The monoisotopic (exact) mass is 263 g/mol. The van der Waals surface area contributed by atoms with E-state index in [0.29, 0.717) is 6.42 Å². The minimum absolute atomic E-state index is 0.202. The number of ketones is 1. The molecule has 2 aromatic carbocycles. The van der Waals surface area contributed by atoms with Crippen molar-refractivity contribution in [3.05, 3.63) is 71.9 Å². The Balaban J connectivity index is 1.92. The molecule has 20 heavy (non-hydrogen) atoms. The highest BCUT2D eigenvalue weighted by Gasteiger charge is 2.04. The van der Waals surface area contributed by atoms with Crippen molar-refractivity contribution in [1.29, 1.82) is 0 Å².